The molecule has 152 valence electrons. The summed E-state index contributed by atoms with van der Waals surface area (Å²) in [5, 5.41) is 11.1. The number of piperidine rings is 2. The predicted octanol–water partition coefficient (Wildman–Crippen LogP) is 3.59. The fourth-order valence-electron chi connectivity index (χ4n) is 5.99. The molecule has 1 heterocycles. The van der Waals surface area contributed by atoms with Crippen molar-refractivity contribution >= 4 is 17.6 Å². The predicted molar refractivity (Wildman–Crippen MR) is 112 cm³/mol. The molecule has 2 aliphatic carbocycles. The first-order chi connectivity index (χ1) is 14.0. The van der Waals surface area contributed by atoms with Gasteiger partial charge >= 0.3 is 5.97 Å². The molecule has 1 saturated heterocycles. The molecule has 5 rings (SSSR count). The highest BCUT2D eigenvalue weighted by Crippen LogP contribution is 2.68. The Morgan fingerprint density at radius 1 is 1.24 bits per heavy atom. The topological polar surface area (TPSA) is 49.8 Å². The Labute approximate surface area is 176 Å². The fraction of sp³-hybridized carbons (Fsp3) is 0.458. The summed E-state index contributed by atoms with van der Waals surface area (Å²) >= 11 is 6.17. The molecule has 3 fully saturated rings. The minimum atomic E-state index is -1.14. The van der Waals surface area contributed by atoms with Gasteiger partial charge in [0.2, 0.25) is 0 Å². The van der Waals surface area contributed by atoms with Gasteiger partial charge in [-0.1, -0.05) is 54.1 Å². The molecule has 0 aromatic heterocycles. The van der Waals surface area contributed by atoms with Crippen LogP contribution in [-0.2, 0) is 21.4 Å². The van der Waals surface area contributed by atoms with E-state index in [1.165, 1.54) is 6.42 Å². The van der Waals surface area contributed by atoms with Crippen LogP contribution in [0.1, 0.15) is 30.4 Å². The summed E-state index contributed by atoms with van der Waals surface area (Å²) in [5.74, 6) is -0.329. The molecule has 5 atom stereocenters. The number of benzene rings is 2. The lowest BCUT2D eigenvalue weighted by Gasteiger charge is -2.78. The zero-order valence-electron chi connectivity index (χ0n) is 16.6. The van der Waals surface area contributed by atoms with Crippen molar-refractivity contribution in [2.75, 3.05) is 13.7 Å². The highest BCUT2D eigenvalue weighted by atomic mass is 35.5. The minimum Gasteiger partial charge on any atom is -0.461 e. The van der Waals surface area contributed by atoms with E-state index in [1.807, 2.05) is 54.6 Å². The van der Waals surface area contributed by atoms with E-state index in [2.05, 4.69) is 11.9 Å². The Morgan fingerprint density at radius 2 is 2.03 bits per heavy atom. The van der Waals surface area contributed by atoms with Crippen molar-refractivity contribution in [1.82, 2.24) is 4.90 Å². The van der Waals surface area contributed by atoms with Crippen LogP contribution in [0.4, 0.5) is 0 Å². The number of esters is 1. The van der Waals surface area contributed by atoms with Crippen LogP contribution in [0.5, 0.6) is 0 Å². The van der Waals surface area contributed by atoms with Gasteiger partial charge in [0.1, 0.15) is 11.5 Å². The first kappa shape index (κ1) is 19.1. The number of rotatable bonds is 6. The van der Waals surface area contributed by atoms with Crippen LogP contribution in [0, 0.1) is 5.41 Å². The molecule has 3 aliphatic rings. The first-order valence-corrected chi connectivity index (χ1v) is 10.7. The monoisotopic (exact) mass is 411 g/mol. The number of aliphatic hydroxyl groups is 1. The van der Waals surface area contributed by atoms with E-state index < -0.39 is 5.41 Å². The van der Waals surface area contributed by atoms with Crippen LogP contribution >= 0.6 is 11.6 Å². The number of ether oxygens (including phenoxy) is 1. The molecule has 29 heavy (non-hydrogen) atoms. The second-order valence-electron chi connectivity index (χ2n) is 8.89. The van der Waals surface area contributed by atoms with Gasteiger partial charge < -0.3 is 9.84 Å². The first-order valence-electron chi connectivity index (χ1n) is 10.3. The SMILES string of the molecule is CN1C2CCC23C(OC(=O)C(CO)(Cc2cccc(Cl)c2)c2ccccc2)CC13. The highest BCUT2D eigenvalue weighted by Gasteiger charge is 2.75. The Balaban J connectivity index is 1.44. The van der Waals surface area contributed by atoms with Crippen molar-refractivity contribution in [2.24, 2.45) is 5.41 Å². The molecule has 1 spiro atoms. The lowest BCUT2D eigenvalue weighted by molar-refractivity contribution is -0.316. The molecule has 5 unspecified atom stereocenters. The summed E-state index contributed by atoms with van der Waals surface area (Å²) in [7, 11) is 2.17. The molecule has 4 nitrogen and oxygen atoms in total. The van der Waals surface area contributed by atoms with Gasteiger partial charge in [0, 0.05) is 28.9 Å². The number of hydrogen-bond donors (Lipinski definition) is 1. The fourth-order valence-corrected chi connectivity index (χ4v) is 6.20. The molecule has 2 aromatic rings. The number of nitrogens with zero attached hydrogens (tertiary/aromatic N) is 1. The maximum Gasteiger partial charge on any atom is 0.319 e. The third-order valence-corrected chi connectivity index (χ3v) is 7.98. The van der Waals surface area contributed by atoms with Gasteiger partial charge in [-0.05, 0) is 49.6 Å². The molecule has 5 heteroatoms. The van der Waals surface area contributed by atoms with Crippen molar-refractivity contribution in [3.05, 3.63) is 70.7 Å². The Kier molecular flexibility index (Phi) is 4.50. The van der Waals surface area contributed by atoms with Crippen LogP contribution in [0.15, 0.2) is 54.6 Å². The van der Waals surface area contributed by atoms with E-state index in [4.69, 9.17) is 16.3 Å². The third-order valence-electron chi connectivity index (χ3n) is 7.74. The summed E-state index contributed by atoms with van der Waals surface area (Å²) in [6.07, 6.45) is 3.53. The van der Waals surface area contributed by atoms with Crippen molar-refractivity contribution in [1.29, 1.82) is 0 Å². The highest BCUT2D eigenvalue weighted by molar-refractivity contribution is 6.30. The quantitative estimate of drug-likeness (QED) is 0.738. The molecule has 1 aliphatic heterocycles. The van der Waals surface area contributed by atoms with Crippen molar-refractivity contribution < 1.29 is 14.6 Å². The Morgan fingerprint density at radius 3 is 2.66 bits per heavy atom. The lowest BCUT2D eigenvalue weighted by Crippen LogP contribution is -2.86. The number of halogens is 1. The van der Waals surface area contributed by atoms with Crippen LogP contribution in [-0.4, -0.2) is 47.8 Å². The van der Waals surface area contributed by atoms with Gasteiger partial charge in [0.05, 0.1) is 6.61 Å². The number of carbonyl (C=O) groups is 1. The number of aliphatic hydroxyl groups excluding tert-OH is 1. The van der Waals surface area contributed by atoms with Gasteiger partial charge in [-0.2, -0.15) is 0 Å². The van der Waals surface area contributed by atoms with Crippen LogP contribution < -0.4 is 0 Å². The van der Waals surface area contributed by atoms with E-state index in [0.717, 1.165) is 24.0 Å². The summed E-state index contributed by atoms with van der Waals surface area (Å²) < 4.78 is 6.15. The number of carbonyl (C=O) groups excluding carboxylic acids is 1. The smallest absolute Gasteiger partial charge is 0.319 e. The molecule has 0 bridgehead atoms. The lowest BCUT2D eigenvalue weighted by atomic mass is 9.41. The van der Waals surface area contributed by atoms with E-state index in [9.17, 15) is 9.90 Å². The third kappa shape index (κ3) is 2.62. The van der Waals surface area contributed by atoms with Gasteiger partial charge in [0.25, 0.3) is 0 Å². The van der Waals surface area contributed by atoms with Crippen LogP contribution in [0.25, 0.3) is 0 Å². The average molecular weight is 412 g/mol. The average Bonchev–Trinajstić information content (AvgIpc) is 2.68. The number of hydrogen-bond acceptors (Lipinski definition) is 4. The molecule has 1 N–H and O–H groups in total. The van der Waals surface area contributed by atoms with Crippen molar-refractivity contribution in [3.8, 4) is 0 Å². The van der Waals surface area contributed by atoms with E-state index in [1.54, 1.807) is 0 Å². The molecule has 2 aromatic carbocycles. The second-order valence-corrected chi connectivity index (χ2v) is 9.33. The van der Waals surface area contributed by atoms with Gasteiger partial charge in [-0.15, -0.1) is 0 Å². The molecular formula is C24H26ClNO3. The molecule has 0 radical (unpaired) electrons. The zero-order chi connectivity index (χ0) is 20.2. The normalized spacial score (nSPS) is 31.9. The summed E-state index contributed by atoms with van der Waals surface area (Å²) in [4.78, 5) is 16.0. The van der Waals surface area contributed by atoms with Crippen LogP contribution in [0.3, 0.4) is 0 Å². The zero-order valence-corrected chi connectivity index (χ0v) is 17.3. The van der Waals surface area contributed by atoms with Gasteiger partial charge in [0.15, 0.2) is 0 Å². The maximum absolute atomic E-state index is 13.6. The summed E-state index contributed by atoms with van der Waals surface area (Å²) in [6, 6.07) is 18.1. The second kappa shape index (κ2) is 6.83. The van der Waals surface area contributed by atoms with Gasteiger partial charge in [-0.3, -0.25) is 9.69 Å². The largest absolute Gasteiger partial charge is 0.461 e. The van der Waals surface area contributed by atoms with Crippen molar-refractivity contribution in [3.63, 3.8) is 0 Å². The summed E-state index contributed by atoms with van der Waals surface area (Å²) in [5.41, 5.74) is 0.708. The Bertz CT molecular complexity index is 927. The number of likely N-dealkylation sites (tertiary alicyclic amines) is 1. The molecule has 0 amide bonds. The van der Waals surface area contributed by atoms with E-state index in [-0.39, 0.29) is 24.1 Å². The standard InChI is InChI=1S/C24H26ClNO3/c1-26-19-10-11-24(19)20(26)13-21(24)29-22(28)23(15-27,17-7-3-2-4-8-17)14-16-6-5-9-18(25)12-16/h2-9,12,19-21,27H,10-11,13-15H2,1H3. The van der Waals surface area contributed by atoms with E-state index >= 15 is 0 Å². The Hall–Kier alpha value is -1.88. The van der Waals surface area contributed by atoms with Gasteiger partial charge in [-0.25, -0.2) is 0 Å². The van der Waals surface area contributed by atoms with E-state index in [0.29, 0.717) is 23.5 Å². The molecule has 2 saturated carbocycles. The maximum atomic E-state index is 13.6. The van der Waals surface area contributed by atoms with Crippen molar-refractivity contribution in [2.45, 2.75) is 49.3 Å². The summed E-state index contributed by atoms with van der Waals surface area (Å²) in [6.45, 7) is -0.311. The molecular weight excluding hydrogens is 386 g/mol. The minimum absolute atomic E-state index is 0.0380. The van der Waals surface area contributed by atoms with Crippen LogP contribution in [0.2, 0.25) is 5.02 Å².